The van der Waals surface area contributed by atoms with E-state index in [1.54, 1.807) is 11.1 Å². The van der Waals surface area contributed by atoms with E-state index in [4.69, 9.17) is 57.1 Å². The molecule has 14 heteroatoms. The fourth-order valence-corrected chi connectivity index (χ4v) is 7.51. The lowest BCUT2D eigenvalue weighted by atomic mass is 9.88. The van der Waals surface area contributed by atoms with Gasteiger partial charge in [0, 0.05) is 48.4 Å². The number of benzene rings is 1. The SMILES string of the molecule is C=CC(=O)N1[C@H](C)CN(c2c(C#N)c(=O)n(C3C(C(C)C)=NC=C[C@H]3C)c3nc(-c4c(N)c(Cl)c(Cl)c(Cl)c4F)c(Cl)cc23)C[C@@H]1C. The van der Waals surface area contributed by atoms with Gasteiger partial charge in [-0.05, 0) is 31.9 Å². The first-order valence-electron chi connectivity index (χ1n) is 14.9. The van der Waals surface area contributed by atoms with Gasteiger partial charge in [-0.2, -0.15) is 5.26 Å². The number of aromatic nitrogens is 2. The second-order valence-corrected chi connectivity index (χ2v) is 13.7. The number of nitrogens with zero attached hydrogens (tertiary/aromatic N) is 6. The number of rotatable bonds is 5. The van der Waals surface area contributed by atoms with E-state index in [1.807, 2.05) is 45.6 Å². The van der Waals surface area contributed by atoms with E-state index in [0.717, 1.165) is 0 Å². The lowest BCUT2D eigenvalue weighted by Crippen LogP contribution is -2.58. The number of aliphatic imine (C=N–C) groups is 1. The number of hydrogen-bond donors (Lipinski definition) is 1. The summed E-state index contributed by atoms with van der Waals surface area (Å²) in [5, 5.41) is 9.97. The Bertz CT molecular complexity index is 1960. The Labute approximate surface area is 291 Å². The summed E-state index contributed by atoms with van der Waals surface area (Å²) in [6, 6.07) is 2.44. The summed E-state index contributed by atoms with van der Waals surface area (Å²) >= 11 is 25.5. The lowest BCUT2D eigenvalue weighted by molar-refractivity contribution is -0.130. The number of nitrogen functional groups attached to an aromatic ring is 1. The van der Waals surface area contributed by atoms with Crippen LogP contribution in [-0.2, 0) is 4.79 Å². The van der Waals surface area contributed by atoms with Crippen molar-refractivity contribution in [3.8, 4) is 17.3 Å². The zero-order chi connectivity index (χ0) is 34.6. The summed E-state index contributed by atoms with van der Waals surface area (Å²) in [6.07, 6.45) is 4.82. The highest BCUT2D eigenvalue weighted by Gasteiger charge is 2.37. The van der Waals surface area contributed by atoms with E-state index < -0.39 is 22.4 Å². The molecule has 0 radical (unpaired) electrons. The third-order valence-electron chi connectivity index (χ3n) is 8.71. The Kier molecular flexibility index (Phi) is 9.69. The van der Waals surface area contributed by atoms with Gasteiger partial charge < -0.3 is 15.5 Å². The van der Waals surface area contributed by atoms with Crippen LogP contribution in [0.5, 0.6) is 0 Å². The second-order valence-electron chi connectivity index (χ2n) is 12.2. The number of nitriles is 1. The van der Waals surface area contributed by atoms with Crippen molar-refractivity contribution in [2.45, 2.75) is 52.7 Å². The number of amides is 1. The maximum absolute atomic E-state index is 15.8. The zero-order valence-electron chi connectivity index (χ0n) is 26.3. The van der Waals surface area contributed by atoms with E-state index in [1.165, 1.54) is 16.7 Å². The molecule has 2 N–H and O–H groups in total. The van der Waals surface area contributed by atoms with Crippen LogP contribution in [0.1, 0.15) is 46.2 Å². The zero-order valence-corrected chi connectivity index (χ0v) is 29.3. The average molecular weight is 719 g/mol. The summed E-state index contributed by atoms with van der Waals surface area (Å²) in [5.74, 6) is -1.53. The van der Waals surface area contributed by atoms with Crippen LogP contribution in [0.4, 0.5) is 15.8 Å². The molecule has 1 saturated heterocycles. The number of piperazine rings is 1. The van der Waals surface area contributed by atoms with Gasteiger partial charge in [0.25, 0.3) is 5.56 Å². The van der Waals surface area contributed by atoms with Gasteiger partial charge in [0.15, 0.2) is 5.82 Å². The predicted octanol–water partition coefficient (Wildman–Crippen LogP) is 7.68. The van der Waals surface area contributed by atoms with Crippen molar-refractivity contribution in [1.29, 1.82) is 5.26 Å². The van der Waals surface area contributed by atoms with Crippen LogP contribution in [0.15, 0.2) is 40.8 Å². The van der Waals surface area contributed by atoms with Gasteiger partial charge in [0.1, 0.15) is 17.3 Å². The third-order valence-corrected chi connectivity index (χ3v) is 10.3. The molecule has 1 amide bonds. The minimum absolute atomic E-state index is 0.0381. The number of hydrogen-bond acceptors (Lipinski definition) is 7. The molecule has 0 spiro atoms. The highest BCUT2D eigenvalue weighted by Crippen LogP contribution is 2.46. The van der Waals surface area contributed by atoms with E-state index in [-0.39, 0.29) is 73.0 Å². The van der Waals surface area contributed by atoms with Gasteiger partial charge in [-0.3, -0.25) is 19.1 Å². The molecule has 0 aliphatic carbocycles. The van der Waals surface area contributed by atoms with Gasteiger partial charge in [0.2, 0.25) is 5.91 Å². The minimum Gasteiger partial charge on any atom is -0.397 e. The number of fused-ring (bicyclic) bond motifs is 1. The number of anilines is 2. The highest BCUT2D eigenvalue weighted by molar-refractivity contribution is 6.49. The van der Waals surface area contributed by atoms with Gasteiger partial charge in [-0.15, -0.1) is 0 Å². The quantitative estimate of drug-likeness (QED) is 0.125. The first kappa shape index (κ1) is 34.7. The van der Waals surface area contributed by atoms with Crippen molar-refractivity contribution < 1.29 is 9.18 Å². The standard InChI is InChI=1S/C33H32Cl4FN7O2/c1-7-21(46)44-16(5)12-43(13-17(44)6)31-18-10-20(34)29(22-26(38)24(36)23(35)25(37)27(22)40)42-32(18)45(33(47)19(31)11-39)30-15(4)8-9-41-28(30)14(2)3/h7-10,14-17,30H,1,12-13,40H2,2-6H3/t15-,16-,17+,30?/m1/s1. The van der Waals surface area contributed by atoms with Crippen molar-refractivity contribution in [1.82, 2.24) is 14.5 Å². The summed E-state index contributed by atoms with van der Waals surface area (Å²) < 4.78 is 17.2. The van der Waals surface area contributed by atoms with Crippen LogP contribution in [0.3, 0.4) is 0 Å². The Morgan fingerprint density at radius 2 is 1.79 bits per heavy atom. The molecule has 4 heterocycles. The monoisotopic (exact) mass is 717 g/mol. The molecular formula is C33H32Cl4FN7O2. The predicted molar refractivity (Wildman–Crippen MR) is 188 cm³/mol. The van der Waals surface area contributed by atoms with Crippen molar-refractivity contribution in [3.63, 3.8) is 0 Å². The molecule has 0 bridgehead atoms. The van der Waals surface area contributed by atoms with E-state index in [2.05, 4.69) is 17.6 Å². The molecule has 3 aromatic rings. The third kappa shape index (κ3) is 5.67. The van der Waals surface area contributed by atoms with Crippen LogP contribution in [0, 0.1) is 29.0 Å². The average Bonchev–Trinajstić information content (AvgIpc) is 3.02. The Morgan fingerprint density at radius 3 is 2.36 bits per heavy atom. The van der Waals surface area contributed by atoms with Gasteiger partial charge in [0.05, 0.1) is 48.8 Å². The molecule has 47 heavy (non-hydrogen) atoms. The number of pyridine rings is 2. The molecule has 9 nitrogen and oxygen atoms in total. The first-order chi connectivity index (χ1) is 22.2. The Morgan fingerprint density at radius 1 is 1.15 bits per heavy atom. The Hall–Kier alpha value is -3.62. The van der Waals surface area contributed by atoms with Crippen molar-refractivity contribution in [2.24, 2.45) is 16.8 Å². The fraction of sp³-hybridized carbons (Fsp3) is 0.364. The van der Waals surface area contributed by atoms with Crippen LogP contribution < -0.4 is 16.2 Å². The summed E-state index contributed by atoms with van der Waals surface area (Å²) in [6.45, 7) is 13.8. The van der Waals surface area contributed by atoms with E-state index in [9.17, 15) is 14.9 Å². The molecule has 2 aromatic heterocycles. The number of allylic oxidation sites excluding steroid dienone is 1. The smallest absolute Gasteiger partial charge is 0.272 e. The summed E-state index contributed by atoms with van der Waals surface area (Å²) in [7, 11) is 0. The van der Waals surface area contributed by atoms with Crippen LogP contribution in [-0.4, -0.2) is 51.2 Å². The molecule has 5 rings (SSSR count). The second kappa shape index (κ2) is 13.1. The van der Waals surface area contributed by atoms with Crippen LogP contribution in [0.2, 0.25) is 20.1 Å². The fourth-order valence-electron chi connectivity index (χ4n) is 6.65. The van der Waals surface area contributed by atoms with Gasteiger partial charge >= 0.3 is 0 Å². The molecule has 1 unspecified atom stereocenters. The van der Waals surface area contributed by atoms with Crippen molar-refractivity contribution in [3.05, 3.63) is 72.8 Å². The maximum Gasteiger partial charge on any atom is 0.272 e. The molecular weight excluding hydrogens is 687 g/mol. The van der Waals surface area contributed by atoms with E-state index in [0.29, 0.717) is 29.9 Å². The van der Waals surface area contributed by atoms with Crippen molar-refractivity contribution in [2.75, 3.05) is 23.7 Å². The van der Waals surface area contributed by atoms with Crippen LogP contribution in [0.25, 0.3) is 22.3 Å². The molecule has 1 aromatic carbocycles. The topological polar surface area (TPSA) is 121 Å². The van der Waals surface area contributed by atoms with E-state index >= 15 is 4.39 Å². The number of carbonyl (C=O) groups excluding carboxylic acids is 1. The van der Waals surface area contributed by atoms with Crippen molar-refractivity contribution >= 4 is 80.4 Å². The number of halogens is 5. The normalized spacial score (nSPS) is 21.3. The van der Waals surface area contributed by atoms with Gasteiger partial charge in [-0.1, -0.05) is 79.8 Å². The molecule has 0 saturated carbocycles. The number of carbonyl (C=O) groups is 1. The Balaban J connectivity index is 1.91. The molecule has 1 fully saturated rings. The maximum atomic E-state index is 15.8. The molecule has 246 valence electrons. The number of nitrogens with two attached hydrogens (primary N) is 1. The summed E-state index contributed by atoms with van der Waals surface area (Å²) in [4.78, 5) is 40.3. The molecule has 4 atom stereocenters. The highest BCUT2D eigenvalue weighted by atomic mass is 35.5. The lowest BCUT2D eigenvalue weighted by Gasteiger charge is -2.45. The van der Waals surface area contributed by atoms with Gasteiger partial charge in [-0.25, -0.2) is 9.37 Å². The molecule has 2 aliphatic heterocycles. The first-order valence-corrected chi connectivity index (χ1v) is 16.4. The minimum atomic E-state index is -0.987. The van der Waals surface area contributed by atoms with Crippen LogP contribution >= 0.6 is 46.4 Å². The molecule has 2 aliphatic rings. The summed E-state index contributed by atoms with van der Waals surface area (Å²) in [5.41, 5.74) is 6.00. The largest absolute Gasteiger partial charge is 0.397 e.